The van der Waals surface area contributed by atoms with Crippen LogP contribution in [-0.4, -0.2) is 17.0 Å². The van der Waals surface area contributed by atoms with E-state index in [9.17, 15) is 9.90 Å². The molecule has 0 amide bonds. The first-order chi connectivity index (χ1) is 7.54. The van der Waals surface area contributed by atoms with Gasteiger partial charge in [0.2, 0.25) is 0 Å². The predicted molar refractivity (Wildman–Crippen MR) is 61.9 cm³/mol. The highest BCUT2D eigenvalue weighted by Gasteiger charge is 2.42. The van der Waals surface area contributed by atoms with Crippen LogP contribution in [0.3, 0.4) is 0 Å². The number of Topliss-reactive ketones (excluding diaryl/α,β-unsaturated/α-hetero) is 1. The molecule has 0 spiro atoms. The number of carbonyl (C=O) groups excluding carboxylic acids is 1. The summed E-state index contributed by atoms with van der Waals surface area (Å²) in [6.07, 6.45) is 1.03. The second-order valence-electron chi connectivity index (χ2n) is 4.61. The summed E-state index contributed by atoms with van der Waals surface area (Å²) in [5.74, 6) is -0.246. The number of hydrogen-bond acceptors (Lipinski definition) is 3. The molecule has 1 aliphatic rings. The fourth-order valence-electron chi connectivity index (χ4n) is 2.34. The van der Waals surface area contributed by atoms with Crippen molar-refractivity contribution in [2.24, 2.45) is 5.73 Å². The Kier molecular flexibility index (Phi) is 2.82. The molecule has 3 N–H and O–H groups in total. The Balaban J connectivity index is 2.41. The summed E-state index contributed by atoms with van der Waals surface area (Å²) in [5, 5.41) is 9.61. The van der Waals surface area contributed by atoms with Crippen LogP contribution in [0, 0.1) is 6.92 Å². The molecule has 2 atom stereocenters. The highest BCUT2D eigenvalue weighted by molar-refractivity contribution is 5.93. The van der Waals surface area contributed by atoms with E-state index < -0.39 is 11.6 Å². The zero-order valence-corrected chi connectivity index (χ0v) is 9.44. The van der Waals surface area contributed by atoms with Gasteiger partial charge in [0, 0.05) is 0 Å². The van der Waals surface area contributed by atoms with E-state index in [1.165, 1.54) is 0 Å². The lowest BCUT2D eigenvalue weighted by Crippen LogP contribution is -2.52. The van der Waals surface area contributed by atoms with E-state index in [4.69, 9.17) is 5.73 Å². The third-order valence-corrected chi connectivity index (χ3v) is 3.32. The van der Waals surface area contributed by atoms with E-state index in [2.05, 4.69) is 0 Å². The first-order valence-electron chi connectivity index (χ1n) is 5.62. The van der Waals surface area contributed by atoms with Crippen LogP contribution in [0.1, 0.15) is 30.4 Å². The summed E-state index contributed by atoms with van der Waals surface area (Å²) in [6, 6.07) is 7.66. The summed E-state index contributed by atoms with van der Waals surface area (Å²) in [5.41, 5.74) is 7.07. The lowest BCUT2D eigenvalue weighted by Gasteiger charge is -2.34. The number of aryl methyl sites for hydroxylation is 1. The Bertz CT molecular complexity index is 416. The maximum Gasteiger partial charge on any atom is 0.185 e. The van der Waals surface area contributed by atoms with Gasteiger partial charge in [-0.15, -0.1) is 0 Å². The van der Waals surface area contributed by atoms with Gasteiger partial charge in [0.15, 0.2) is 5.78 Å². The lowest BCUT2D eigenvalue weighted by molar-refractivity contribution is -0.136. The number of carbonyl (C=O) groups is 1. The number of aliphatic hydroxyl groups excluding tert-OH is 1. The zero-order chi connectivity index (χ0) is 11.8. The van der Waals surface area contributed by atoms with Gasteiger partial charge in [-0.05, 0) is 31.7 Å². The fraction of sp³-hybridized carbons (Fsp3) is 0.462. The maximum absolute atomic E-state index is 12.0. The molecular formula is C13H17NO2. The van der Waals surface area contributed by atoms with Crippen molar-refractivity contribution in [2.45, 2.75) is 37.8 Å². The normalized spacial score (nSPS) is 30.4. The molecule has 2 rings (SSSR count). The first-order valence-corrected chi connectivity index (χ1v) is 5.62. The summed E-state index contributed by atoms with van der Waals surface area (Å²) in [6.45, 7) is 1.97. The Morgan fingerprint density at radius 1 is 1.50 bits per heavy atom. The molecule has 0 heterocycles. The van der Waals surface area contributed by atoms with E-state index in [-0.39, 0.29) is 5.78 Å². The van der Waals surface area contributed by atoms with Crippen molar-refractivity contribution in [3.63, 3.8) is 0 Å². The number of nitrogens with two attached hydrogens (primary N) is 1. The molecule has 1 aliphatic carbocycles. The average molecular weight is 219 g/mol. The highest BCUT2D eigenvalue weighted by Crippen LogP contribution is 2.32. The van der Waals surface area contributed by atoms with E-state index in [0.717, 1.165) is 17.5 Å². The van der Waals surface area contributed by atoms with E-state index in [0.29, 0.717) is 12.8 Å². The molecule has 0 saturated heterocycles. The van der Waals surface area contributed by atoms with Gasteiger partial charge in [-0.1, -0.05) is 29.8 Å². The SMILES string of the molecule is Cc1cccc(C2(N)CCCC(O)C2=O)c1. The van der Waals surface area contributed by atoms with Gasteiger partial charge < -0.3 is 10.8 Å². The quantitative estimate of drug-likeness (QED) is 0.747. The largest absolute Gasteiger partial charge is 0.385 e. The van der Waals surface area contributed by atoms with Gasteiger partial charge in [0.25, 0.3) is 0 Å². The molecule has 2 unspecified atom stereocenters. The Morgan fingerprint density at radius 2 is 2.25 bits per heavy atom. The molecule has 0 aliphatic heterocycles. The van der Waals surface area contributed by atoms with E-state index in [1.54, 1.807) is 0 Å². The summed E-state index contributed by atoms with van der Waals surface area (Å²) in [7, 11) is 0. The summed E-state index contributed by atoms with van der Waals surface area (Å²) < 4.78 is 0. The van der Waals surface area contributed by atoms with Crippen molar-refractivity contribution in [1.82, 2.24) is 0 Å². The van der Waals surface area contributed by atoms with Crippen LogP contribution in [-0.2, 0) is 10.3 Å². The number of benzene rings is 1. The van der Waals surface area contributed by atoms with Crippen LogP contribution in [0.4, 0.5) is 0 Å². The average Bonchev–Trinajstić information content (AvgIpc) is 2.26. The van der Waals surface area contributed by atoms with Crippen LogP contribution in [0.15, 0.2) is 24.3 Å². The van der Waals surface area contributed by atoms with Crippen LogP contribution in [0.2, 0.25) is 0 Å². The van der Waals surface area contributed by atoms with Crippen molar-refractivity contribution < 1.29 is 9.90 Å². The predicted octanol–water partition coefficient (Wildman–Crippen LogP) is 1.26. The van der Waals surface area contributed by atoms with Gasteiger partial charge in [-0.3, -0.25) is 4.79 Å². The Labute approximate surface area is 95.3 Å². The Hall–Kier alpha value is -1.19. The minimum atomic E-state index is -0.996. The standard InChI is InChI=1S/C13H17NO2/c1-9-4-2-5-10(8-9)13(14)7-3-6-11(15)12(13)16/h2,4-5,8,11,15H,3,6-7,14H2,1H3. The van der Waals surface area contributed by atoms with Gasteiger partial charge in [-0.25, -0.2) is 0 Å². The van der Waals surface area contributed by atoms with E-state index >= 15 is 0 Å². The van der Waals surface area contributed by atoms with Gasteiger partial charge in [0.05, 0.1) is 0 Å². The molecule has 3 heteroatoms. The zero-order valence-electron chi connectivity index (χ0n) is 9.44. The maximum atomic E-state index is 12.0. The van der Waals surface area contributed by atoms with Crippen LogP contribution < -0.4 is 5.73 Å². The molecule has 86 valence electrons. The second-order valence-corrected chi connectivity index (χ2v) is 4.61. The summed E-state index contributed by atoms with van der Waals surface area (Å²) >= 11 is 0. The van der Waals surface area contributed by atoms with Crippen LogP contribution in [0.25, 0.3) is 0 Å². The third-order valence-electron chi connectivity index (χ3n) is 3.32. The first kappa shape index (κ1) is 11.3. The minimum Gasteiger partial charge on any atom is -0.385 e. The second kappa shape index (κ2) is 4.00. The number of rotatable bonds is 1. The monoisotopic (exact) mass is 219 g/mol. The van der Waals surface area contributed by atoms with Gasteiger partial charge in [-0.2, -0.15) is 0 Å². The van der Waals surface area contributed by atoms with Crippen LogP contribution in [0.5, 0.6) is 0 Å². The minimum absolute atomic E-state index is 0.246. The van der Waals surface area contributed by atoms with Crippen molar-refractivity contribution in [3.8, 4) is 0 Å². The smallest absolute Gasteiger partial charge is 0.185 e. The van der Waals surface area contributed by atoms with E-state index in [1.807, 2.05) is 31.2 Å². The highest BCUT2D eigenvalue weighted by atomic mass is 16.3. The molecule has 16 heavy (non-hydrogen) atoms. The lowest BCUT2D eigenvalue weighted by atomic mass is 9.75. The molecule has 0 bridgehead atoms. The van der Waals surface area contributed by atoms with Crippen molar-refractivity contribution in [3.05, 3.63) is 35.4 Å². The number of hydrogen-bond donors (Lipinski definition) is 2. The van der Waals surface area contributed by atoms with Crippen molar-refractivity contribution in [1.29, 1.82) is 0 Å². The molecule has 0 radical (unpaired) electrons. The van der Waals surface area contributed by atoms with Gasteiger partial charge in [0.1, 0.15) is 11.6 Å². The van der Waals surface area contributed by atoms with Crippen LogP contribution >= 0.6 is 0 Å². The molecule has 0 aromatic heterocycles. The summed E-state index contributed by atoms with van der Waals surface area (Å²) in [4.78, 5) is 12.0. The Morgan fingerprint density at radius 3 is 2.94 bits per heavy atom. The van der Waals surface area contributed by atoms with Gasteiger partial charge >= 0.3 is 0 Å². The topological polar surface area (TPSA) is 63.3 Å². The molecule has 1 aromatic rings. The molecule has 1 aromatic carbocycles. The number of ketones is 1. The van der Waals surface area contributed by atoms with Crippen molar-refractivity contribution in [2.75, 3.05) is 0 Å². The number of aliphatic hydroxyl groups is 1. The molecule has 1 saturated carbocycles. The van der Waals surface area contributed by atoms with Crippen molar-refractivity contribution >= 4 is 5.78 Å². The molecule has 3 nitrogen and oxygen atoms in total. The fourth-order valence-corrected chi connectivity index (χ4v) is 2.34. The third kappa shape index (κ3) is 1.77. The molecule has 1 fully saturated rings. The molecular weight excluding hydrogens is 202 g/mol.